The Balaban J connectivity index is 1.42. The number of ketones is 1. The van der Waals surface area contributed by atoms with Crippen LogP contribution in [0.4, 0.5) is 0 Å². The van der Waals surface area contributed by atoms with Crippen molar-refractivity contribution in [1.82, 2.24) is 0 Å². The van der Waals surface area contributed by atoms with Gasteiger partial charge in [-0.2, -0.15) is 0 Å². The lowest BCUT2D eigenvalue weighted by Gasteiger charge is -2.59. The molecule has 4 fully saturated rings. The zero-order chi connectivity index (χ0) is 17.7. The quantitative estimate of drug-likeness (QED) is 0.625. The number of hydrogen-bond donors (Lipinski definition) is 0. The lowest BCUT2D eigenvalue weighted by atomic mass is 9.46. The van der Waals surface area contributed by atoms with Gasteiger partial charge in [0, 0.05) is 11.8 Å². The standard InChI is InChI=1S/C24H32O2/c1-3-14-11-15-12-16(25)5-6-17(15)18-7-9-23(2)22(21(14)18)19-13-20(19)24(23)8-4-10-26-24/h4,8,12,14,17-22H,3,5-7,9-11,13H2,1-2H3/t14?,17?,18?,19?,20?,21?,22?,23-,24?/m0/s1. The summed E-state index contributed by atoms with van der Waals surface area (Å²) in [7, 11) is 0. The smallest absolute Gasteiger partial charge is 0.155 e. The van der Waals surface area contributed by atoms with E-state index in [0.29, 0.717) is 17.1 Å². The predicted octanol–water partition coefficient (Wildman–Crippen LogP) is 4.95. The van der Waals surface area contributed by atoms with Gasteiger partial charge < -0.3 is 4.74 Å². The summed E-state index contributed by atoms with van der Waals surface area (Å²) < 4.78 is 6.53. The van der Waals surface area contributed by atoms with Crippen molar-refractivity contribution in [3.8, 4) is 0 Å². The molecule has 1 spiro atoms. The number of allylic oxidation sites excluding steroid dienone is 1. The van der Waals surface area contributed by atoms with Gasteiger partial charge in [-0.15, -0.1) is 0 Å². The minimum absolute atomic E-state index is 0.0598. The molecule has 0 aromatic heterocycles. The molecule has 1 heterocycles. The summed E-state index contributed by atoms with van der Waals surface area (Å²) in [5.74, 6) is 6.10. The molecule has 5 aliphatic carbocycles. The van der Waals surface area contributed by atoms with E-state index < -0.39 is 0 Å². The van der Waals surface area contributed by atoms with E-state index in [4.69, 9.17) is 4.74 Å². The first-order valence-corrected chi connectivity index (χ1v) is 11.1. The first-order chi connectivity index (χ1) is 12.6. The number of ether oxygens (including phenoxy) is 1. The molecular formula is C24H32O2. The van der Waals surface area contributed by atoms with Gasteiger partial charge in [0.15, 0.2) is 5.78 Å². The highest BCUT2D eigenvalue weighted by atomic mass is 16.5. The fourth-order valence-electron chi connectivity index (χ4n) is 8.84. The van der Waals surface area contributed by atoms with E-state index in [1.54, 1.807) is 0 Å². The molecule has 0 N–H and O–H groups in total. The normalized spacial score (nSPS) is 56.6. The van der Waals surface area contributed by atoms with Crippen molar-refractivity contribution in [3.05, 3.63) is 23.8 Å². The zero-order valence-corrected chi connectivity index (χ0v) is 16.2. The number of carbonyl (C=O) groups is 1. The van der Waals surface area contributed by atoms with Crippen LogP contribution >= 0.6 is 0 Å². The van der Waals surface area contributed by atoms with Crippen LogP contribution in [0.25, 0.3) is 0 Å². The van der Waals surface area contributed by atoms with Crippen LogP contribution in [-0.2, 0) is 9.53 Å². The summed E-state index contributed by atoms with van der Waals surface area (Å²) in [5, 5.41) is 0. The highest BCUT2D eigenvalue weighted by Gasteiger charge is 2.76. The van der Waals surface area contributed by atoms with Crippen LogP contribution < -0.4 is 0 Å². The second-order valence-corrected chi connectivity index (χ2v) is 10.4. The Kier molecular flexibility index (Phi) is 3.18. The molecule has 0 radical (unpaired) electrons. The van der Waals surface area contributed by atoms with Crippen LogP contribution in [0, 0.1) is 46.8 Å². The van der Waals surface area contributed by atoms with Gasteiger partial charge in [0.05, 0.1) is 12.2 Å². The molecule has 9 atom stereocenters. The van der Waals surface area contributed by atoms with Crippen LogP contribution in [0.2, 0.25) is 0 Å². The summed E-state index contributed by atoms with van der Waals surface area (Å²) in [6.07, 6.45) is 15.3. The van der Waals surface area contributed by atoms with E-state index in [1.807, 2.05) is 0 Å². The van der Waals surface area contributed by atoms with E-state index in [0.717, 1.165) is 55.0 Å². The van der Waals surface area contributed by atoms with Crippen LogP contribution in [0.5, 0.6) is 0 Å². The minimum Gasteiger partial charge on any atom is -0.366 e. The highest BCUT2D eigenvalue weighted by Crippen LogP contribution is 2.78. The Labute approximate surface area is 157 Å². The molecule has 4 saturated carbocycles. The second-order valence-electron chi connectivity index (χ2n) is 10.4. The number of rotatable bonds is 1. The molecule has 2 heteroatoms. The molecule has 26 heavy (non-hydrogen) atoms. The summed E-state index contributed by atoms with van der Waals surface area (Å²) in [5.41, 5.74) is 1.92. The van der Waals surface area contributed by atoms with Gasteiger partial charge in [0.25, 0.3) is 0 Å². The molecule has 0 saturated heterocycles. The lowest BCUT2D eigenvalue weighted by molar-refractivity contribution is -0.141. The van der Waals surface area contributed by atoms with E-state index in [-0.39, 0.29) is 5.60 Å². The minimum atomic E-state index is 0.0598. The number of fused-ring (bicyclic) bond motifs is 9. The molecule has 6 aliphatic rings. The van der Waals surface area contributed by atoms with Crippen LogP contribution in [0.3, 0.4) is 0 Å². The van der Waals surface area contributed by atoms with Crippen molar-refractivity contribution in [3.63, 3.8) is 0 Å². The first kappa shape index (κ1) is 16.1. The SMILES string of the molecule is CCC1CC2=CC(=O)CCC2C2CC[C@@]3(C)C(C4CC4C34C=CCO4)C12. The van der Waals surface area contributed by atoms with E-state index >= 15 is 0 Å². The maximum atomic E-state index is 12.0. The van der Waals surface area contributed by atoms with E-state index in [2.05, 4.69) is 32.1 Å². The third kappa shape index (κ3) is 1.76. The van der Waals surface area contributed by atoms with Gasteiger partial charge in [-0.3, -0.25) is 4.79 Å². The molecule has 6 rings (SSSR count). The Hall–Kier alpha value is -0.890. The average Bonchev–Trinajstić information content (AvgIpc) is 3.20. The predicted molar refractivity (Wildman–Crippen MR) is 101 cm³/mol. The van der Waals surface area contributed by atoms with Crippen molar-refractivity contribution in [1.29, 1.82) is 0 Å². The lowest BCUT2D eigenvalue weighted by Crippen LogP contribution is -2.56. The van der Waals surface area contributed by atoms with Gasteiger partial charge in [0.1, 0.15) is 0 Å². The topological polar surface area (TPSA) is 26.3 Å². The van der Waals surface area contributed by atoms with Gasteiger partial charge in [-0.05, 0) is 79.6 Å². The summed E-state index contributed by atoms with van der Waals surface area (Å²) in [6.45, 7) is 5.80. The van der Waals surface area contributed by atoms with Crippen molar-refractivity contribution < 1.29 is 9.53 Å². The van der Waals surface area contributed by atoms with E-state index in [1.165, 1.54) is 37.7 Å². The maximum absolute atomic E-state index is 12.0. The highest BCUT2D eigenvalue weighted by molar-refractivity contribution is 5.91. The summed E-state index contributed by atoms with van der Waals surface area (Å²) >= 11 is 0. The van der Waals surface area contributed by atoms with Gasteiger partial charge in [-0.25, -0.2) is 0 Å². The van der Waals surface area contributed by atoms with Crippen molar-refractivity contribution >= 4 is 5.78 Å². The second kappa shape index (κ2) is 5.13. The van der Waals surface area contributed by atoms with Crippen LogP contribution in [0.15, 0.2) is 23.8 Å². The number of carbonyl (C=O) groups excluding carboxylic acids is 1. The van der Waals surface area contributed by atoms with Gasteiger partial charge >= 0.3 is 0 Å². The monoisotopic (exact) mass is 352 g/mol. The molecule has 0 bridgehead atoms. The molecule has 140 valence electrons. The van der Waals surface area contributed by atoms with Crippen molar-refractivity contribution in [2.24, 2.45) is 46.8 Å². The molecular weight excluding hydrogens is 320 g/mol. The van der Waals surface area contributed by atoms with E-state index in [9.17, 15) is 4.79 Å². The van der Waals surface area contributed by atoms with Crippen LogP contribution in [0.1, 0.15) is 58.8 Å². The molecule has 0 aromatic rings. The third-order valence-electron chi connectivity index (χ3n) is 9.78. The fourth-order valence-corrected chi connectivity index (χ4v) is 8.84. The Bertz CT molecular complexity index is 720. The molecule has 0 amide bonds. The van der Waals surface area contributed by atoms with Gasteiger partial charge in [-0.1, -0.05) is 38.0 Å². The largest absolute Gasteiger partial charge is 0.366 e. The molecule has 2 nitrogen and oxygen atoms in total. The van der Waals surface area contributed by atoms with Gasteiger partial charge in [0.2, 0.25) is 0 Å². The summed E-state index contributed by atoms with van der Waals surface area (Å²) in [4.78, 5) is 12.0. The fraction of sp³-hybridized carbons (Fsp3) is 0.792. The van der Waals surface area contributed by atoms with Crippen LogP contribution in [-0.4, -0.2) is 18.0 Å². The molecule has 8 unspecified atom stereocenters. The maximum Gasteiger partial charge on any atom is 0.155 e. The Morgan fingerprint density at radius 3 is 2.92 bits per heavy atom. The summed E-state index contributed by atoms with van der Waals surface area (Å²) in [6, 6.07) is 0. The van der Waals surface area contributed by atoms with Crippen molar-refractivity contribution in [2.45, 2.75) is 64.4 Å². The Morgan fingerprint density at radius 1 is 1.27 bits per heavy atom. The Morgan fingerprint density at radius 2 is 2.15 bits per heavy atom. The third-order valence-corrected chi connectivity index (χ3v) is 9.78. The number of hydrogen-bond acceptors (Lipinski definition) is 2. The zero-order valence-electron chi connectivity index (χ0n) is 16.2. The molecule has 0 aromatic carbocycles. The van der Waals surface area contributed by atoms with Crippen molar-refractivity contribution in [2.75, 3.05) is 6.61 Å². The first-order valence-electron chi connectivity index (χ1n) is 11.1. The average molecular weight is 353 g/mol. The molecule has 1 aliphatic heterocycles.